The van der Waals surface area contributed by atoms with E-state index < -0.39 is 5.97 Å². The lowest BCUT2D eigenvalue weighted by atomic mass is 10.3. The van der Waals surface area contributed by atoms with E-state index in [9.17, 15) is 9.59 Å². The monoisotopic (exact) mass is 350 g/mol. The summed E-state index contributed by atoms with van der Waals surface area (Å²) in [6, 6.07) is 1.61. The zero-order chi connectivity index (χ0) is 16.9. The van der Waals surface area contributed by atoms with Crippen LogP contribution in [0.3, 0.4) is 0 Å². The second kappa shape index (κ2) is 7.41. The van der Waals surface area contributed by atoms with Gasteiger partial charge in [-0.2, -0.15) is 10.1 Å². The van der Waals surface area contributed by atoms with E-state index in [1.807, 2.05) is 0 Å². The van der Waals surface area contributed by atoms with Crippen molar-refractivity contribution in [3.63, 3.8) is 0 Å². The molecular formula is C14H18N6O3S. The Kier molecular flexibility index (Phi) is 5.06. The number of rotatable bonds is 6. The molecule has 0 spiro atoms. The number of thiophene rings is 1. The van der Waals surface area contributed by atoms with Crippen molar-refractivity contribution in [1.82, 2.24) is 20.1 Å². The van der Waals surface area contributed by atoms with Crippen LogP contribution in [0.1, 0.15) is 16.1 Å². The Morgan fingerprint density at radius 3 is 2.79 bits per heavy atom. The third kappa shape index (κ3) is 3.89. The molecule has 128 valence electrons. The van der Waals surface area contributed by atoms with Crippen molar-refractivity contribution >= 4 is 34.8 Å². The van der Waals surface area contributed by atoms with Crippen LogP contribution >= 0.6 is 11.3 Å². The molecule has 1 saturated heterocycles. The number of aromatic carboxylic acids is 1. The lowest BCUT2D eigenvalue weighted by molar-refractivity contribution is -0.116. The number of piperazine rings is 1. The van der Waals surface area contributed by atoms with E-state index >= 15 is 0 Å². The number of hydrogen-bond acceptors (Lipinski definition) is 7. The topological polar surface area (TPSA) is 114 Å². The van der Waals surface area contributed by atoms with Crippen molar-refractivity contribution in [2.75, 3.05) is 42.9 Å². The molecule has 24 heavy (non-hydrogen) atoms. The van der Waals surface area contributed by atoms with Gasteiger partial charge >= 0.3 is 5.97 Å². The largest absolute Gasteiger partial charge is 0.477 e. The van der Waals surface area contributed by atoms with Crippen LogP contribution in [0.5, 0.6) is 0 Å². The van der Waals surface area contributed by atoms with Gasteiger partial charge in [-0.25, -0.2) is 9.89 Å². The van der Waals surface area contributed by atoms with Crippen LogP contribution in [-0.2, 0) is 4.79 Å². The molecule has 2 aromatic rings. The fourth-order valence-electron chi connectivity index (χ4n) is 2.58. The van der Waals surface area contributed by atoms with Gasteiger partial charge < -0.3 is 15.3 Å². The number of nitrogens with one attached hydrogen (secondary N) is 2. The average molecular weight is 350 g/mol. The van der Waals surface area contributed by atoms with Crippen molar-refractivity contribution in [3.05, 3.63) is 22.7 Å². The van der Waals surface area contributed by atoms with Crippen LogP contribution in [0, 0.1) is 0 Å². The summed E-state index contributed by atoms with van der Waals surface area (Å²) in [6.07, 6.45) is 1.82. The number of H-pyrrole nitrogens is 1. The molecule has 1 aliphatic rings. The zero-order valence-electron chi connectivity index (χ0n) is 12.9. The maximum Gasteiger partial charge on any atom is 0.348 e. The van der Waals surface area contributed by atoms with E-state index in [4.69, 9.17) is 5.11 Å². The van der Waals surface area contributed by atoms with E-state index in [1.165, 1.54) is 6.33 Å². The average Bonchev–Trinajstić information content (AvgIpc) is 3.25. The fraction of sp³-hybridized carbons (Fsp3) is 0.429. The summed E-state index contributed by atoms with van der Waals surface area (Å²) in [5, 5.41) is 20.1. The highest BCUT2D eigenvalue weighted by Gasteiger charge is 2.20. The molecule has 0 bridgehead atoms. The second-order valence-electron chi connectivity index (χ2n) is 5.40. The molecule has 9 nitrogen and oxygen atoms in total. The molecule has 0 unspecified atom stereocenters. The Hall–Kier alpha value is -2.46. The van der Waals surface area contributed by atoms with Gasteiger partial charge in [-0.1, -0.05) is 0 Å². The molecule has 2 aromatic heterocycles. The van der Waals surface area contributed by atoms with Gasteiger partial charge in [-0.3, -0.25) is 9.69 Å². The first-order valence-corrected chi connectivity index (χ1v) is 8.45. The first kappa shape index (κ1) is 16.4. The van der Waals surface area contributed by atoms with E-state index in [0.717, 1.165) is 43.5 Å². The molecule has 1 aliphatic heterocycles. The fourth-order valence-corrected chi connectivity index (χ4v) is 3.27. The molecule has 0 atom stereocenters. The number of amides is 1. The maximum atomic E-state index is 12.0. The van der Waals surface area contributed by atoms with Crippen molar-refractivity contribution in [2.45, 2.75) is 6.42 Å². The zero-order valence-corrected chi connectivity index (χ0v) is 13.8. The molecule has 3 rings (SSSR count). The summed E-state index contributed by atoms with van der Waals surface area (Å²) in [6.45, 7) is 3.97. The standard InChI is InChI=1S/C14H18N6O3S/c21-11(17-10-2-8-24-12(10)13(22)23)1-3-19-4-6-20(7-5-19)14-15-9-16-18-14/h2,8-9H,1,3-7H2,(H,17,21)(H,22,23)(H,15,16,18). The Bertz CT molecular complexity index is 693. The van der Waals surface area contributed by atoms with E-state index in [0.29, 0.717) is 18.7 Å². The molecule has 10 heteroatoms. The number of carboxylic acid groups (broad SMARTS) is 1. The second-order valence-corrected chi connectivity index (χ2v) is 6.32. The number of aromatic amines is 1. The Morgan fingerprint density at radius 2 is 2.12 bits per heavy atom. The minimum atomic E-state index is -1.02. The Balaban J connectivity index is 1.42. The van der Waals surface area contributed by atoms with Gasteiger partial charge in [0.15, 0.2) is 0 Å². The minimum absolute atomic E-state index is 0.157. The third-order valence-electron chi connectivity index (χ3n) is 3.86. The van der Waals surface area contributed by atoms with Crippen molar-refractivity contribution in [2.24, 2.45) is 0 Å². The molecular weight excluding hydrogens is 332 g/mol. The van der Waals surface area contributed by atoms with Gasteiger partial charge in [0.1, 0.15) is 11.2 Å². The lowest BCUT2D eigenvalue weighted by Gasteiger charge is -2.34. The highest BCUT2D eigenvalue weighted by Crippen LogP contribution is 2.22. The lowest BCUT2D eigenvalue weighted by Crippen LogP contribution is -2.47. The summed E-state index contributed by atoms with van der Waals surface area (Å²) >= 11 is 1.10. The molecule has 0 saturated carbocycles. The molecule has 0 aromatic carbocycles. The smallest absolute Gasteiger partial charge is 0.348 e. The number of carboxylic acids is 1. The quantitative estimate of drug-likeness (QED) is 0.703. The van der Waals surface area contributed by atoms with Crippen molar-refractivity contribution < 1.29 is 14.7 Å². The molecule has 1 fully saturated rings. The van der Waals surface area contributed by atoms with Crippen molar-refractivity contribution in [1.29, 1.82) is 0 Å². The van der Waals surface area contributed by atoms with Gasteiger partial charge in [-0.15, -0.1) is 11.3 Å². The van der Waals surface area contributed by atoms with Crippen LogP contribution in [0.25, 0.3) is 0 Å². The first-order valence-electron chi connectivity index (χ1n) is 7.57. The molecule has 3 N–H and O–H groups in total. The van der Waals surface area contributed by atoms with Gasteiger partial charge in [0, 0.05) is 39.1 Å². The van der Waals surface area contributed by atoms with Crippen LogP contribution in [0.4, 0.5) is 11.6 Å². The molecule has 3 heterocycles. The predicted octanol–water partition coefficient (Wildman–Crippen LogP) is 0.715. The SMILES string of the molecule is O=C(CCN1CCN(c2ncn[nH]2)CC1)Nc1ccsc1C(=O)O. The number of nitrogens with zero attached hydrogens (tertiary/aromatic N) is 4. The maximum absolute atomic E-state index is 12.0. The predicted molar refractivity (Wildman–Crippen MR) is 89.6 cm³/mol. The molecule has 1 amide bonds. The first-order chi connectivity index (χ1) is 11.6. The van der Waals surface area contributed by atoms with Crippen molar-refractivity contribution in [3.8, 4) is 0 Å². The number of hydrogen-bond donors (Lipinski definition) is 3. The van der Waals surface area contributed by atoms with Crippen LogP contribution < -0.4 is 10.2 Å². The number of aromatic nitrogens is 3. The van der Waals surface area contributed by atoms with Gasteiger partial charge in [0.25, 0.3) is 0 Å². The normalized spacial score (nSPS) is 15.4. The summed E-state index contributed by atoms with van der Waals surface area (Å²) in [7, 11) is 0. The summed E-state index contributed by atoms with van der Waals surface area (Å²) in [5.74, 6) is -0.427. The molecule has 0 aliphatic carbocycles. The van der Waals surface area contributed by atoms with Gasteiger partial charge in [0.2, 0.25) is 11.9 Å². The number of carbonyl (C=O) groups is 2. The Labute approximate surface area is 142 Å². The van der Waals surface area contributed by atoms with E-state index in [2.05, 4.69) is 30.3 Å². The minimum Gasteiger partial charge on any atom is -0.477 e. The van der Waals surface area contributed by atoms with E-state index in [1.54, 1.807) is 11.4 Å². The van der Waals surface area contributed by atoms with Crippen LogP contribution in [0.2, 0.25) is 0 Å². The number of carbonyl (C=O) groups excluding carboxylic acids is 1. The highest BCUT2D eigenvalue weighted by molar-refractivity contribution is 7.12. The highest BCUT2D eigenvalue weighted by atomic mass is 32.1. The third-order valence-corrected chi connectivity index (χ3v) is 4.77. The molecule has 0 radical (unpaired) electrons. The summed E-state index contributed by atoms with van der Waals surface area (Å²) < 4.78 is 0. The summed E-state index contributed by atoms with van der Waals surface area (Å²) in [4.78, 5) is 31.7. The summed E-state index contributed by atoms with van der Waals surface area (Å²) in [5.41, 5.74) is 0.368. The Morgan fingerprint density at radius 1 is 1.33 bits per heavy atom. The van der Waals surface area contributed by atoms with Gasteiger partial charge in [-0.05, 0) is 11.4 Å². The van der Waals surface area contributed by atoms with Crippen LogP contribution in [-0.4, -0.2) is 69.8 Å². The number of anilines is 2. The van der Waals surface area contributed by atoms with Crippen LogP contribution in [0.15, 0.2) is 17.8 Å². The van der Waals surface area contributed by atoms with Gasteiger partial charge in [0.05, 0.1) is 5.69 Å². The van der Waals surface area contributed by atoms with E-state index in [-0.39, 0.29) is 10.8 Å².